The van der Waals surface area contributed by atoms with Crippen LogP contribution in [0.3, 0.4) is 0 Å². The molecule has 0 spiro atoms. The maximum absolute atomic E-state index is 12.8. The van der Waals surface area contributed by atoms with Gasteiger partial charge in [0, 0.05) is 26.1 Å². The summed E-state index contributed by atoms with van der Waals surface area (Å²) in [6.07, 6.45) is 6.92. The van der Waals surface area contributed by atoms with Crippen molar-refractivity contribution in [2.75, 3.05) is 19.6 Å². The fourth-order valence-electron chi connectivity index (χ4n) is 3.85. The third-order valence-corrected chi connectivity index (χ3v) is 5.27. The van der Waals surface area contributed by atoms with Crippen molar-refractivity contribution in [3.05, 3.63) is 35.4 Å². The Hall–Kier alpha value is -1.06. The summed E-state index contributed by atoms with van der Waals surface area (Å²) >= 11 is 0. The number of nitrogens with zero attached hydrogens (tertiary/aromatic N) is 1. The van der Waals surface area contributed by atoms with Crippen molar-refractivity contribution in [1.29, 1.82) is 0 Å². The molecule has 0 radical (unpaired) electrons. The summed E-state index contributed by atoms with van der Waals surface area (Å²) in [6, 6.07) is 9.00. The van der Waals surface area contributed by atoms with Crippen molar-refractivity contribution in [1.82, 2.24) is 10.2 Å². The first-order valence-corrected chi connectivity index (χ1v) is 8.87. The van der Waals surface area contributed by atoms with Crippen molar-refractivity contribution in [2.45, 2.75) is 51.5 Å². The van der Waals surface area contributed by atoms with Crippen LogP contribution in [0.5, 0.6) is 0 Å². The van der Waals surface area contributed by atoms with Crippen molar-refractivity contribution in [2.24, 2.45) is 5.92 Å². The number of hydrogen-bond acceptors (Lipinski definition) is 2. The molecule has 1 aliphatic heterocycles. The van der Waals surface area contributed by atoms with E-state index in [1.54, 1.807) is 0 Å². The average Bonchev–Trinajstić information content (AvgIpc) is 3.08. The number of piperazine rings is 1. The SMILES string of the molecule is CCc1ccc(C2CNCCN2C(=O)CC2CCCC2)cc1.Cl. The predicted octanol–water partition coefficient (Wildman–Crippen LogP) is 3.72. The van der Waals surface area contributed by atoms with Gasteiger partial charge >= 0.3 is 0 Å². The lowest BCUT2D eigenvalue weighted by Crippen LogP contribution is -2.49. The van der Waals surface area contributed by atoms with E-state index in [0.717, 1.165) is 32.5 Å². The van der Waals surface area contributed by atoms with Gasteiger partial charge in [-0.05, 0) is 36.3 Å². The number of amides is 1. The summed E-state index contributed by atoms with van der Waals surface area (Å²) in [4.78, 5) is 14.9. The molecule has 128 valence electrons. The molecule has 1 unspecified atom stereocenters. The highest BCUT2D eigenvalue weighted by Crippen LogP contribution is 2.30. The summed E-state index contributed by atoms with van der Waals surface area (Å²) in [5.74, 6) is 0.989. The molecule has 2 aliphatic rings. The molecular weight excluding hydrogens is 308 g/mol. The van der Waals surface area contributed by atoms with Gasteiger partial charge in [0.25, 0.3) is 0 Å². The largest absolute Gasteiger partial charge is 0.333 e. The zero-order valence-corrected chi connectivity index (χ0v) is 14.9. The highest BCUT2D eigenvalue weighted by molar-refractivity contribution is 5.85. The van der Waals surface area contributed by atoms with Crippen LogP contribution in [0.1, 0.15) is 56.2 Å². The first-order valence-electron chi connectivity index (χ1n) is 8.87. The van der Waals surface area contributed by atoms with Gasteiger partial charge in [0.05, 0.1) is 6.04 Å². The maximum Gasteiger partial charge on any atom is 0.223 e. The Morgan fingerprint density at radius 2 is 1.91 bits per heavy atom. The van der Waals surface area contributed by atoms with Crippen LogP contribution in [0.2, 0.25) is 0 Å². The third kappa shape index (κ3) is 4.48. The van der Waals surface area contributed by atoms with Gasteiger partial charge in [-0.2, -0.15) is 0 Å². The van der Waals surface area contributed by atoms with E-state index in [9.17, 15) is 4.79 Å². The fourth-order valence-corrected chi connectivity index (χ4v) is 3.85. The van der Waals surface area contributed by atoms with E-state index in [1.807, 2.05) is 0 Å². The van der Waals surface area contributed by atoms with Gasteiger partial charge in [-0.25, -0.2) is 0 Å². The van der Waals surface area contributed by atoms with E-state index in [4.69, 9.17) is 0 Å². The number of carbonyl (C=O) groups excluding carboxylic acids is 1. The van der Waals surface area contributed by atoms with E-state index >= 15 is 0 Å². The number of hydrogen-bond donors (Lipinski definition) is 1. The maximum atomic E-state index is 12.8. The van der Waals surface area contributed by atoms with Crippen molar-refractivity contribution < 1.29 is 4.79 Å². The van der Waals surface area contributed by atoms with Crippen LogP contribution < -0.4 is 5.32 Å². The number of nitrogens with one attached hydrogen (secondary N) is 1. The van der Waals surface area contributed by atoms with E-state index in [1.165, 1.54) is 36.8 Å². The number of aryl methyl sites for hydroxylation is 1. The molecule has 1 saturated carbocycles. The van der Waals surface area contributed by atoms with Crippen LogP contribution in [0.25, 0.3) is 0 Å². The lowest BCUT2D eigenvalue weighted by molar-refractivity contribution is -0.135. The third-order valence-electron chi connectivity index (χ3n) is 5.27. The van der Waals surface area contributed by atoms with Crippen LogP contribution in [-0.2, 0) is 11.2 Å². The topological polar surface area (TPSA) is 32.3 Å². The summed E-state index contributed by atoms with van der Waals surface area (Å²) in [5, 5.41) is 3.45. The smallest absolute Gasteiger partial charge is 0.223 e. The Labute approximate surface area is 146 Å². The zero-order valence-electron chi connectivity index (χ0n) is 14.1. The van der Waals surface area contributed by atoms with Crippen molar-refractivity contribution in [3.63, 3.8) is 0 Å². The molecule has 4 heteroatoms. The van der Waals surface area contributed by atoms with E-state index in [-0.39, 0.29) is 18.4 Å². The summed E-state index contributed by atoms with van der Waals surface area (Å²) in [7, 11) is 0. The Balaban J connectivity index is 0.00000192. The quantitative estimate of drug-likeness (QED) is 0.908. The Bertz CT molecular complexity index is 497. The Morgan fingerprint density at radius 1 is 1.22 bits per heavy atom. The number of carbonyl (C=O) groups is 1. The van der Waals surface area contributed by atoms with Crippen LogP contribution in [0, 0.1) is 5.92 Å². The lowest BCUT2D eigenvalue weighted by Gasteiger charge is -2.37. The molecule has 1 saturated heterocycles. The monoisotopic (exact) mass is 336 g/mol. The van der Waals surface area contributed by atoms with Gasteiger partial charge in [0.1, 0.15) is 0 Å². The van der Waals surface area contributed by atoms with Gasteiger partial charge in [0.2, 0.25) is 5.91 Å². The first kappa shape index (κ1) is 18.3. The summed E-state index contributed by atoms with van der Waals surface area (Å²) in [6.45, 7) is 4.81. The molecule has 1 aromatic rings. The predicted molar refractivity (Wildman–Crippen MR) is 97.0 cm³/mol. The zero-order chi connectivity index (χ0) is 15.4. The highest BCUT2D eigenvalue weighted by Gasteiger charge is 2.29. The molecular formula is C19H29ClN2O. The van der Waals surface area contributed by atoms with Gasteiger partial charge in [-0.3, -0.25) is 4.79 Å². The molecule has 0 bridgehead atoms. The second kappa shape index (κ2) is 8.70. The van der Waals surface area contributed by atoms with Crippen LogP contribution in [0.15, 0.2) is 24.3 Å². The number of rotatable bonds is 4. The number of benzene rings is 1. The Kier molecular flexibility index (Phi) is 6.91. The van der Waals surface area contributed by atoms with Crippen LogP contribution in [0.4, 0.5) is 0 Å². The molecule has 1 amide bonds. The molecule has 3 rings (SSSR count). The molecule has 1 aliphatic carbocycles. The highest BCUT2D eigenvalue weighted by atomic mass is 35.5. The second-order valence-electron chi connectivity index (χ2n) is 6.76. The normalized spacial score (nSPS) is 22.0. The van der Waals surface area contributed by atoms with Crippen LogP contribution >= 0.6 is 12.4 Å². The number of halogens is 1. The van der Waals surface area contributed by atoms with Gasteiger partial charge < -0.3 is 10.2 Å². The van der Waals surface area contributed by atoms with E-state index < -0.39 is 0 Å². The molecule has 1 atom stereocenters. The molecule has 1 heterocycles. The first-order chi connectivity index (χ1) is 10.8. The second-order valence-corrected chi connectivity index (χ2v) is 6.76. The summed E-state index contributed by atoms with van der Waals surface area (Å²) in [5.41, 5.74) is 2.63. The minimum atomic E-state index is 0. The minimum absolute atomic E-state index is 0. The van der Waals surface area contributed by atoms with E-state index in [0.29, 0.717) is 11.8 Å². The van der Waals surface area contributed by atoms with Crippen LogP contribution in [-0.4, -0.2) is 30.4 Å². The van der Waals surface area contributed by atoms with E-state index in [2.05, 4.69) is 41.4 Å². The molecule has 0 aromatic heterocycles. The van der Waals surface area contributed by atoms with Crippen molar-refractivity contribution >= 4 is 18.3 Å². The molecule has 3 nitrogen and oxygen atoms in total. The van der Waals surface area contributed by atoms with Gasteiger partial charge in [-0.15, -0.1) is 12.4 Å². The molecule has 23 heavy (non-hydrogen) atoms. The van der Waals surface area contributed by atoms with Crippen molar-refractivity contribution in [3.8, 4) is 0 Å². The Morgan fingerprint density at radius 3 is 2.57 bits per heavy atom. The average molecular weight is 337 g/mol. The fraction of sp³-hybridized carbons (Fsp3) is 0.632. The van der Waals surface area contributed by atoms with Gasteiger partial charge in [-0.1, -0.05) is 44.0 Å². The molecule has 1 N–H and O–H groups in total. The minimum Gasteiger partial charge on any atom is -0.333 e. The lowest BCUT2D eigenvalue weighted by atomic mass is 9.98. The summed E-state index contributed by atoms with van der Waals surface area (Å²) < 4.78 is 0. The van der Waals surface area contributed by atoms with Gasteiger partial charge in [0.15, 0.2) is 0 Å². The molecule has 1 aromatic carbocycles. The standard InChI is InChI=1S/C19H28N2O.ClH/c1-2-15-7-9-17(10-8-15)18-14-20-11-12-21(18)19(22)13-16-5-3-4-6-16;/h7-10,16,18,20H,2-6,11-14H2,1H3;1H. The molecule has 2 fully saturated rings.